The summed E-state index contributed by atoms with van der Waals surface area (Å²) in [6.07, 6.45) is 1.73. The summed E-state index contributed by atoms with van der Waals surface area (Å²) in [7, 11) is 0. The Morgan fingerprint density at radius 2 is 1.71 bits per heavy atom. The minimum Gasteiger partial charge on any atom is -0.370 e. The SMILES string of the molecule is [N-]=[N+]=C1CCN(c2ccccc2)CC1. The van der Waals surface area contributed by atoms with Crippen LogP contribution in [0, 0.1) is 0 Å². The lowest BCUT2D eigenvalue weighted by molar-refractivity contribution is -0.0119. The average Bonchev–Trinajstić information content (AvgIpc) is 2.30. The van der Waals surface area contributed by atoms with Crippen LogP contribution in [0.25, 0.3) is 5.53 Å². The van der Waals surface area contributed by atoms with E-state index in [2.05, 4.69) is 21.8 Å². The van der Waals surface area contributed by atoms with Crippen molar-refractivity contribution in [1.82, 2.24) is 0 Å². The van der Waals surface area contributed by atoms with Crippen LogP contribution >= 0.6 is 0 Å². The first kappa shape index (κ1) is 8.97. The molecule has 72 valence electrons. The van der Waals surface area contributed by atoms with Crippen molar-refractivity contribution in [3.8, 4) is 0 Å². The van der Waals surface area contributed by atoms with Gasteiger partial charge < -0.3 is 10.4 Å². The lowest BCUT2D eigenvalue weighted by atomic mass is 10.1. The van der Waals surface area contributed by atoms with Gasteiger partial charge in [-0.25, -0.2) is 0 Å². The standard InChI is InChI=1S/C11H13N3/c12-13-10-6-8-14(9-7-10)11-4-2-1-3-5-11/h1-5H,6-9H2. The molecule has 0 N–H and O–H groups in total. The van der Waals surface area contributed by atoms with E-state index in [9.17, 15) is 0 Å². The van der Waals surface area contributed by atoms with E-state index in [-0.39, 0.29) is 0 Å². The summed E-state index contributed by atoms with van der Waals surface area (Å²) in [5, 5.41) is 0. The first-order valence-corrected chi connectivity index (χ1v) is 4.90. The van der Waals surface area contributed by atoms with Gasteiger partial charge in [0.05, 0.1) is 12.8 Å². The zero-order chi connectivity index (χ0) is 9.80. The Labute approximate surface area is 83.6 Å². The van der Waals surface area contributed by atoms with E-state index in [0.717, 1.165) is 31.6 Å². The summed E-state index contributed by atoms with van der Waals surface area (Å²) in [4.78, 5) is 5.58. The highest BCUT2D eigenvalue weighted by Crippen LogP contribution is 2.17. The van der Waals surface area contributed by atoms with E-state index in [0.29, 0.717) is 0 Å². The highest BCUT2D eigenvalue weighted by atomic mass is 15.1. The molecule has 1 fully saturated rings. The molecule has 1 aromatic rings. The van der Waals surface area contributed by atoms with Crippen LogP contribution in [0.1, 0.15) is 12.8 Å². The van der Waals surface area contributed by atoms with Gasteiger partial charge in [-0.1, -0.05) is 18.2 Å². The third-order valence-corrected chi connectivity index (χ3v) is 2.60. The molecule has 1 aromatic carbocycles. The van der Waals surface area contributed by atoms with Gasteiger partial charge >= 0.3 is 0 Å². The normalized spacial score (nSPS) is 16.6. The fourth-order valence-electron chi connectivity index (χ4n) is 1.76. The molecule has 0 amide bonds. The second-order valence-corrected chi connectivity index (χ2v) is 3.49. The lowest BCUT2D eigenvalue weighted by Gasteiger charge is -2.26. The maximum atomic E-state index is 8.62. The zero-order valence-corrected chi connectivity index (χ0v) is 8.06. The number of para-hydroxylation sites is 1. The summed E-state index contributed by atoms with van der Waals surface area (Å²) >= 11 is 0. The van der Waals surface area contributed by atoms with Gasteiger partial charge in [0.15, 0.2) is 0 Å². The fraction of sp³-hybridized carbons (Fsp3) is 0.364. The summed E-state index contributed by atoms with van der Waals surface area (Å²) in [5.41, 5.74) is 10.8. The van der Waals surface area contributed by atoms with Crippen molar-refractivity contribution >= 4 is 11.4 Å². The van der Waals surface area contributed by atoms with Gasteiger partial charge in [0, 0.05) is 18.8 Å². The summed E-state index contributed by atoms with van der Waals surface area (Å²) < 4.78 is 0. The second-order valence-electron chi connectivity index (χ2n) is 3.49. The molecule has 0 bridgehead atoms. The molecule has 1 aliphatic heterocycles. The van der Waals surface area contributed by atoms with Gasteiger partial charge in [-0.15, -0.1) is 0 Å². The van der Waals surface area contributed by atoms with Crippen LogP contribution in [0.4, 0.5) is 5.69 Å². The van der Waals surface area contributed by atoms with Gasteiger partial charge in [0.2, 0.25) is 0 Å². The van der Waals surface area contributed by atoms with E-state index < -0.39 is 0 Å². The zero-order valence-electron chi connectivity index (χ0n) is 8.06. The molecule has 0 unspecified atom stereocenters. The Morgan fingerprint density at radius 3 is 2.29 bits per heavy atom. The van der Waals surface area contributed by atoms with Crippen LogP contribution in [-0.2, 0) is 0 Å². The van der Waals surface area contributed by atoms with Crippen LogP contribution in [-0.4, -0.2) is 23.6 Å². The van der Waals surface area contributed by atoms with Crippen molar-refractivity contribution in [2.24, 2.45) is 0 Å². The van der Waals surface area contributed by atoms with Crippen LogP contribution in [0.2, 0.25) is 0 Å². The number of hydrogen-bond donors (Lipinski definition) is 0. The second kappa shape index (κ2) is 4.07. The van der Waals surface area contributed by atoms with Gasteiger partial charge in [0.25, 0.3) is 5.71 Å². The maximum Gasteiger partial charge on any atom is 0.272 e. The Kier molecular flexibility index (Phi) is 2.61. The van der Waals surface area contributed by atoms with Crippen LogP contribution in [0.3, 0.4) is 0 Å². The quantitative estimate of drug-likeness (QED) is 0.489. The maximum absolute atomic E-state index is 8.62. The Hall–Kier alpha value is -1.60. The van der Waals surface area contributed by atoms with E-state index in [1.807, 2.05) is 18.2 Å². The third kappa shape index (κ3) is 1.83. The molecule has 2 rings (SSSR count). The number of rotatable bonds is 1. The predicted octanol–water partition coefficient (Wildman–Crippen LogP) is 1.96. The molecule has 0 aromatic heterocycles. The van der Waals surface area contributed by atoms with Gasteiger partial charge in [-0.05, 0) is 12.1 Å². The topological polar surface area (TPSA) is 39.6 Å². The van der Waals surface area contributed by atoms with Gasteiger partial charge in [-0.3, -0.25) is 0 Å². The van der Waals surface area contributed by atoms with E-state index in [1.54, 1.807) is 0 Å². The molecule has 1 saturated heterocycles. The van der Waals surface area contributed by atoms with E-state index >= 15 is 0 Å². The van der Waals surface area contributed by atoms with Crippen molar-refractivity contribution in [1.29, 1.82) is 0 Å². The molecule has 0 aliphatic carbocycles. The molecule has 0 radical (unpaired) electrons. The highest BCUT2D eigenvalue weighted by molar-refractivity contribution is 5.81. The Balaban J connectivity index is 2.06. The third-order valence-electron chi connectivity index (χ3n) is 2.60. The molecule has 1 aliphatic rings. The molecule has 0 atom stereocenters. The number of anilines is 1. The molecule has 1 heterocycles. The van der Waals surface area contributed by atoms with Gasteiger partial charge in [-0.2, -0.15) is 4.79 Å². The molecule has 0 spiro atoms. The molecule has 0 saturated carbocycles. The van der Waals surface area contributed by atoms with Gasteiger partial charge in [0.1, 0.15) is 0 Å². The van der Waals surface area contributed by atoms with Crippen molar-refractivity contribution in [3.63, 3.8) is 0 Å². The molecule has 14 heavy (non-hydrogen) atoms. The van der Waals surface area contributed by atoms with Crippen molar-refractivity contribution in [3.05, 3.63) is 35.9 Å². The lowest BCUT2D eigenvalue weighted by Crippen LogP contribution is -2.34. The molecular weight excluding hydrogens is 174 g/mol. The Morgan fingerprint density at radius 1 is 1.07 bits per heavy atom. The first-order valence-electron chi connectivity index (χ1n) is 4.90. The first-order chi connectivity index (χ1) is 6.90. The van der Waals surface area contributed by atoms with E-state index in [1.165, 1.54) is 5.69 Å². The molecular formula is C11H13N3. The smallest absolute Gasteiger partial charge is 0.272 e. The summed E-state index contributed by atoms with van der Waals surface area (Å²) in [6.45, 7) is 1.90. The largest absolute Gasteiger partial charge is 0.370 e. The monoisotopic (exact) mass is 187 g/mol. The minimum absolute atomic E-state index is 0.866. The number of benzene rings is 1. The number of nitrogens with zero attached hydrogens (tertiary/aromatic N) is 3. The number of piperidine rings is 1. The predicted molar refractivity (Wildman–Crippen MR) is 56.5 cm³/mol. The van der Waals surface area contributed by atoms with Crippen molar-refractivity contribution in [2.45, 2.75) is 12.8 Å². The summed E-state index contributed by atoms with van der Waals surface area (Å²) in [6, 6.07) is 10.3. The Bertz CT molecular complexity index is 342. The van der Waals surface area contributed by atoms with Crippen LogP contribution < -0.4 is 4.90 Å². The fourth-order valence-corrected chi connectivity index (χ4v) is 1.76. The average molecular weight is 187 g/mol. The minimum atomic E-state index is 0.866. The van der Waals surface area contributed by atoms with E-state index in [4.69, 9.17) is 5.53 Å². The van der Waals surface area contributed by atoms with Crippen molar-refractivity contribution in [2.75, 3.05) is 18.0 Å². The highest BCUT2D eigenvalue weighted by Gasteiger charge is 2.19. The molecule has 3 nitrogen and oxygen atoms in total. The number of hydrogen-bond acceptors (Lipinski definition) is 1. The summed E-state index contributed by atoms with van der Waals surface area (Å²) in [5.74, 6) is 0. The van der Waals surface area contributed by atoms with Crippen molar-refractivity contribution < 1.29 is 4.79 Å². The molecule has 3 heteroatoms. The van der Waals surface area contributed by atoms with Crippen LogP contribution in [0.15, 0.2) is 30.3 Å². The van der Waals surface area contributed by atoms with Crippen LogP contribution in [0.5, 0.6) is 0 Å².